The van der Waals surface area contributed by atoms with Gasteiger partial charge in [-0.2, -0.15) is 18.3 Å². The smallest absolute Gasteiger partial charge is 0.374 e. The van der Waals surface area contributed by atoms with Crippen molar-refractivity contribution in [2.24, 2.45) is 0 Å². The maximum Gasteiger partial charge on any atom is 0.435 e. The van der Waals surface area contributed by atoms with Crippen molar-refractivity contribution in [3.8, 4) is 5.82 Å². The molecule has 3 rings (SSSR count). The number of aliphatic hydroxyl groups is 1. The molecule has 0 aliphatic rings. The lowest BCUT2D eigenvalue weighted by atomic mass is 10.1. The Kier molecular flexibility index (Phi) is 7.32. The standard InChI is InChI=1S/C21H20Cl2F3N5O2/c1-10(2)28-19(32)13-8-12(22)7-11(3)17(13)29-20(33)15-9-16(21(24,25)26)30-31(15)18-14(23)5-4-6-27-18/h4-10,19,28,32H,1-3H3,(H,29,33). The molecule has 1 unspecified atom stereocenters. The number of hydrogen-bond donors (Lipinski definition) is 3. The summed E-state index contributed by atoms with van der Waals surface area (Å²) in [6, 6.07) is 6.41. The normalized spacial score (nSPS) is 12.8. The number of amides is 1. The van der Waals surface area contributed by atoms with Crippen molar-refractivity contribution < 1.29 is 23.1 Å². The summed E-state index contributed by atoms with van der Waals surface area (Å²) >= 11 is 12.2. The minimum atomic E-state index is -4.81. The van der Waals surface area contributed by atoms with Gasteiger partial charge in [0.2, 0.25) is 0 Å². The van der Waals surface area contributed by atoms with Crippen LogP contribution in [0.2, 0.25) is 10.0 Å². The van der Waals surface area contributed by atoms with E-state index < -0.39 is 29.7 Å². The van der Waals surface area contributed by atoms with Crippen LogP contribution >= 0.6 is 23.2 Å². The van der Waals surface area contributed by atoms with Gasteiger partial charge in [-0.3, -0.25) is 10.1 Å². The van der Waals surface area contributed by atoms with E-state index in [4.69, 9.17) is 23.2 Å². The number of benzene rings is 1. The van der Waals surface area contributed by atoms with Gasteiger partial charge in [-0.15, -0.1) is 0 Å². The Bertz CT molecular complexity index is 1180. The van der Waals surface area contributed by atoms with Crippen molar-refractivity contribution in [1.29, 1.82) is 0 Å². The number of rotatable bonds is 6. The minimum absolute atomic E-state index is 0.00305. The third-order valence-corrected chi connectivity index (χ3v) is 5.04. The van der Waals surface area contributed by atoms with E-state index >= 15 is 0 Å². The lowest BCUT2D eigenvalue weighted by Crippen LogP contribution is -2.29. The highest BCUT2D eigenvalue weighted by Crippen LogP contribution is 2.33. The van der Waals surface area contributed by atoms with Crippen molar-refractivity contribution in [1.82, 2.24) is 20.1 Å². The summed E-state index contributed by atoms with van der Waals surface area (Å²) in [4.78, 5) is 17.1. The highest BCUT2D eigenvalue weighted by molar-refractivity contribution is 6.32. The second kappa shape index (κ2) is 9.68. The van der Waals surface area contributed by atoms with E-state index in [-0.39, 0.29) is 28.1 Å². The van der Waals surface area contributed by atoms with Crippen LogP contribution in [0, 0.1) is 6.92 Å². The lowest BCUT2D eigenvalue weighted by molar-refractivity contribution is -0.141. The molecule has 12 heteroatoms. The van der Waals surface area contributed by atoms with Crippen LogP contribution < -0.4 is 10.6 Å². The summed E-state index contributed by atoms with van der Waals surface area (Å²) in [7, 11) is 0. The zero-order valence-corrected chi connectivity index (χ0v) is 19.2. The fourth-order valence-electron chi connectivity index (χ4n) is 3.11. The topological polar surface area (TPSA) is 92.1 Å². The fraction of sp³-hybridized carbons (Fsp3) is 0.286. The van der Waals surface area contributed by atoms with Gasteiger partial charge in [0.05, 0.1) is 10.7 Å². The van der Waals surface area contributed by atoms with Gasteiger partial charge in [-0.05, 0) is 50.6 Å². The van der Waals surface area contributed by atoms with Gasteiger partial charge in [0.15, 0.2) is 11.5 Å². The molecule has 1 amide bonds. The Morgan fingerprint density at radius 3 is 2.52 bits per heavy atom. The molecule has 0 fully saturated rings. The van der Waals surface area contributed by atoms with E-state index in [0.29, 0.717) is 16.7 Å². The number of nitrogens with one attached hydrogen (secondary N) is 2. The Morgan fingerprint density at radius 2 is 1.91 bits per heavy atom. The molecular weight excluding hydrogens is 482 g/mol. The maximum absolute atomic E-state index is 13.4. The summed E-state index contributed by atoms with van der Waals surface area (Å²) in [5.41, 5.74) is -0.801. The molecule has 3 aromatic rings. The van der Waals surface area contributed by atoms with E-state index in [2.05, 4.69) is 20.7 Å². The highest BCUT2D eigenvalue weighted by Gasteiger charge is 2.36. The second-order valence-corrected chi connectivity index (χ2v) is 8.34. The van der Waals surface area contributed by atoms with Gasteiger partial charge in [0, 0.05) is 28.9 Å². The first-order valence-electron chi connectivity index (χ1n) is 9.72. The van der Waals surface area contributed by atoms with Crippen LogP contribution in [0.1, 0.15) is 47.4 Å². The van der Waals surface area contributed by atoms with Crippen LogP contribution in [-0.4, -0.2) is 31.8 Å². The Morgan fingerprint density at radius 1 is 1.21 bits per heavy atom. The summed E-state index contributed by atoms with van der Waals surface area (Å²) in [5.74, 6) is -1.06. The molecule has 1 atom stereocenters. The molecule has 0 saturated heterocycles. The van der Waals surface area contributed by atoms with E-state index in [1.54, 1.807) is 13.0 Å². The number of aliphatic hydroxyl groups excluding tert-OH is 1. The van der Waals surface area contributed by atoms with E-state index in [9.17, 15) is 23.1 Å². The first kappa shape index (κ1) is 25.0. The van der Waals surface area contributed by atoms with Crippen molar-refractivity contribution >= 4 is 34.8 Å². The molecule has 0 bridgehead atoms. The van der Waals surface area contributed by atoms with E-state index in [0.717, 1.165) is 4.68 Å². The van der Waals surface area contributed by atoms with Crippen molar-refractivity contribution in [2.75, 3.05) is 5.32 Å². The van der Waals surface area contributed by atoms with Crippen LogP contribution in [0.3, 0.4) is 0 Å². The van der Waals surface area contributed by atoms with Gasteiger partial charge in [0.25, 0.3) is 5.91 Å². The molecule has 2 heterocycles. The molecular formula is C21H20Cl2F3N5O2. The number of hydrogen-bond acceptors (Lipinski definition) is 5. The van der Waals surface area contributed by atoms with Gasteiger partial charge >= 0.3 is 6.18 Å². The molecule has 7 nitrogen and oxygen atoms in total. The van der Waals surface area contributed by atoms with Crippen LogP contribution in [0.4, 0.5) is 18.9 Å². The Hall–Kier alpha value is -2.66. The molecule has 33 heavy (non-hydrogen) atoms. The molecule has 1 aromatic carbocycles. The van der Waals surface area contributed by atoms with E-state index in [1.165, 1.54) is 24.4 Å². The number of carbonyl (C=O) groups excluding carboxylic acids is 1. The molecule has 0 aliphatic heterocycles. The zero-order valence-electron chi connectivity index (χ0n) is 17.7. The number of pyridine rings is 1. The largest absolute Gasteiger partial charge is 0.435 e. The summed E-state index contributed by atoms with van der Waals surface area (Å²) < 4.78 is 40.8. The third-order valence-electron chi connectivity index (χ3n) is 4.53. The number of carbonyl (C=O) groups is 1. The first-order valence-corrected chi connectivity index (χ1v) is 10.5. The number of aromatic nitrogens is 3. The summed E-state index contributed by atoms with van der Waals surface area (Å²) in [6.07, 6.45) is -4.69. The first-order chi connectivity index (χ1) is 15.4. The maximum atomic E-state index is 13.4. The predicted octanol–water partition coefficient (Wildman–Crippen LogP) is 5.14. The molecule has 0 spiro atoms. The zero-order chi connectivity index (χ0) is 24.5. The summed E-state index contributed by atoms with van der Waals surface area (Å²) in [6.45, 7) is 5.26. The Balaban J connectivity index is 2.09. The highest BCUT2D eigenvalue weighted by atomic mass is 35.5. The molecule has 3 N–H and O–H groups in total. The van der Waals surface area contributed by atoms with Gasteiger partial charge in [-0.1, -0.05) is 23.2 Å². The van der Waals surface area contributed by atoms with Crippen molar-refractivity contribution in [3.05, 3.63) is 69.1 Å². The molecule has 0 radical (unpaired) electrons. The minimum Gasteiger partial charge on any atom is -0.374 e. The average Bonchev–Trinajstić information content (AvgIpc) is 3.15. The lowest BCUT2D eigenvalue weighted by Gasteiger charge is -2.21. The molecule has 2 aromatic heterocycles. The van der Waals surface area contributed by atoms with Gasteiger partial charge in [-0.25, -0.2) is 9.67 Å². The van der Waals surface area contributed by atoms with Crippen molar-refractivity contribution in [2.45, 2.75) is 39.2 Å². The molecule has 176 valence electrons. The number of halogens is 5. The molecule has 0 aliphatic carbocycles. The summed E-state index contributed by atoms with van der Waals surface area (Å²) in [5, 5.41) is 19.9. The van der Waals surface area contributed by atoms with Crippen LogP contribution in [0.15, 0.2) is 36.5 Å². The number of nitrogens with zero attached hydrogens (tertiary/aromatic N) is 3. The number of alkyl halides is 3. The van der Waals surface area contributed by atoms with Gasteiger partial charge in [0.1, 0.15) is 11.9 Å². The Labute approximate surface area is 197 Å². The molecule has 0 saturated carbocycles. The van der Waals surface area contributed by atoms with E-state index in [1.807, 2.05) is 13.8 Å². The SMILES string of the molecule is Cc1cc(Cl)cc(C(O)NC(C)C)c1NC(=O)c1cc(C(F)(F)F)nn1-c1ncccc1Cl. The van der Waals surface area contributed by atoms with Crippen LogP contribution in [0.25, 0.3) is 5.82 Å². The van der Waals surface area contributed by atoms with Crippen molar-refractivity contribution in [3.63, 3.8) is 0 Å². The average molecular weight is 502 g/mol. The monoisotopic (exact) mass is 501 g/mol. The number of anilines is 1. The second-order valence-electron chi connectivity index (χ2n) is 7.50. The van der Waals surface area contributed by atoms with Crippen LogP contribution in [0.5, 0.6) is 0 Å². The predicted molar refractivity (Wildman–Crippen MR) is 119 cm³/mol. The quantitative estimate of drug-likeness (QED) is 0.406. The van der Waals surface area contributed by atoms with Crippen LogP contribution in [-0.2, 0) is 6.18 Å². The number of aryl methyl sites for hydroxylation is 1. The third kappa shape index (κ3) is 5.64. The fourth-order valence-corrected chi connectivity index (χ4v) is 3.60. The van der Waals surface area contributed by atoms with Gasteiger partial charge < -0.3 is 10.4 Å².